The van der Waals surface area contributed by atoms with Crippen molar-refractivity contribution in [3.63, 3.8) is 0 Å². The van der Waals surface area contributed by atoms with E-state index in [-0.39, 0.29) is 0 Å². The van der Waals surface area contributed by atoms with E-state index in [0.717, 1.165) is 49.8 Å². The fourth-order valence-electron chi connectivity index (χ4n) is 5.42. The van der Waals surface area contributed by atoms with Crippen LogP contribution >= 0.6 is 0 Å². The van der Waals surface area contributed by atoms with Gasteiger partial charge in [0.1, 0.15) is 11.2 Å². The molecule has 2 aromatic heterocycles. The average Bonchev–Trinajstić information content (AvgIpc) is 3.41. The van der Waals surface area contributed by atoms with Crippen LogP contribution in [0.2, 0.25) is 0 Å². The molecule has 4 nitrogen and oxygen atoms in total. The van der Waals surface area contributed by atoms with Gasteiger partial charge in [0, 0.05) is 27.5 Å². The largest absolute Gasteiger partial charge is 0.456 e. The monoisotopic (exact) mass is 525 g/mol. The van der Waals surface area contributed by atoms with Crippen molar-refractivity contribution in [3.05, 3.63) is 140 Å². The predicted octanol–water partition coefficient (Wildman–Crippen LogP) is 9.59. The topological polar surface area (TPSA) is 51.8 Å². The van der Waals surface area contributed by atoms with Gasteiger partial charge in [-0.1, -0.05) is 109 Å². The lowest BCUT2D eigenvalue weighted by molar-refractivity contribution is 0.669. The molecular formula is C37H23N3O. The van der Waals surface area contributed by atoms with Crippen molar-refractivity contribution in [3.8, 4) is 45.3 Å². The van der Waals surface area contributed by atoms with Gasteiger partial charge in [0.2, 0.25) is 0 Å². The molecule has 0 unspecified atom stereocenters. The van der Waals surface area contributed by atoms with Gasteiger partial charge < -0.3 is 4.42 Å². The molecule has 0 bridgehead atoms. The lowest BCUT2D eigenvalue weighted by Crippen LogP contribution is -2.00. The predicted molar refractivity (Wildman–Crippen MR) is 166 cm³/mol. The standard InChI is InChI=1S/C37H23N3O/c1-3-10-24(11-4-1)35-38-36(25-12-5-2-6-13-25)40-37(39-35)30-17-9-16-26(20-30)29-18-19-33-31(22-29)32-21-27-14-7-8-15-28(27)23-34(32)41-33/h1-23H. The summed E-state index contributed by atoms with van der Waals surface area (Å²) in [5.41, 5.74) is 6.81. The third kappa shape index (κ3) is 4.23. The zero-order chi connectivity index (χ0) is 27.2. The number of nitrogens with zero attached hydrogens (tertiary/aromatic N) is 3. The first-order chi connectivity index (χ1) is 20.3. The summed E-state index contributed by atoms with van der Waals surface area (Å²) < 4.78 is 6.23. The van der Waals surface area contributed by atoms with Crippen LogP contribution in [-0.4, -0.2) is 15.0 Å². The molecule has 0 radical (unpaired) electrons. The van der Waals surface area contributed by atoms with Crippen molar-refractivity contribution in [2.24, 2.45) is 0 Å². The van der Waals surface area contributed by atoms with Crippen LogP contribution in [0.3, 0.4) is 0 Å². The summed E-state index contributed by atoms with van der Waals surface area (Å²) in [4.78, 5) is 14.6. The maximum atomic E-state index is 6.23. The van der Waals surface area contributed by atoms with E-state index in [0.29, 0.717) is 17.5 Å². The summed E-state index contributed by atoms with van der Waals surface area (Å²) in [5, 5.41) is 4.60. The third-order valence-corrected chi connectivity index (χ3v) is 7.49. The fourth-order valence-corrected chi connectivity index (χ4v) is 5.42. The number of rotatable bonds is 4. The maximum absolute atomic E-state index is 6.23. The van der Waals surface area contributed by atoms with E-state index in [2.05, 4.69) is 78.9 Å². The lowest BCUT2D eigenvalue weighted by Gasteiger charge is -2.09. The molecule has 192 valence electrons. The SMILES string of the molecule is c1ccc(-c2nc(-c3ccccc3)nc(-c3cccc(-c4ccc5oc6cc7ccccc7cc6c5c4)c3)n2)cc1. The molecule has 41 heavy (non-hydrogen) atoms. The quantitative estimate of drug-likeness (QED) is 0.230. The second-order valence-corrected chi connectivity index (χ2v) is 10.1. The molecule has 0 spiro atoms. The highest BCUT2D eigenvalue weighted by Gasteiger charge is 2.14. The highest BCUT2D eigenvalue weighted by Crippen LogP contribution is 2.35. The van der Waals surface area contributed by atoms with E-state index in [4.69, 9.17) is 19.4 Å². The average molecular weight is 526 g/mol. The van der Waals surface area contributed by atoms with Crippen molar-refractivity contribution < 1.29 is 4.42 Å². The molecule has 8 aromatic rings. The number of benzene rings is 6. The van der Waals surface area contributed by atoms with Gasteiger partial charge >= 0.3 is 0 Å². The fraction of sp³-hybridized carbons (Fsp3) is 0. The second-order valence-electron chi connectivity index (χ2n) is 10.1. The van der Waals surface area contributed by atoms with Crippen LogP contribution in [-0.2, 0) is 0 Å². The zero-order valence-electron chi connectivity index (χ0n) is 22.0. The summed E-state index contributed by atoms with van der Waals surface area (Å²) in [6, 6.07) is 47.6. The maximum Gasteiger partial charge on any atom is 0.164 e. The van der Waals surface area contributed by atoms with E-state index >= 15 is 0 Å². The molecule has 6 aromatic carbocycles. The molecule has 0 aliphatic heterocycles. The van der Waals surface area contributed by atoms with Gasteiger partial charge in [0.05, 0.1) is 0 Å². The van der Waals surface area contributed by atoms with Crippen LogP contribution in [0, 0.1) is 0 Å². The van der Waals surface area contributed by atoms with Crippen molar-refractivity contribution in [2.45, 2.75) is 0 Å². The number of hydrogen-bond donors (Lipinski definition) is 0. The van der Waals surface area contributed by atoms with Gasteiger partial charge in [-0.25, -0.2) is 15.0 Å². The van der Waals surface area contributed by atoms with E-state index in [9.17, 15) is 0 Å². The molecule has 2 heterocycles. The Bertz CT molecular complexity index is 2140. The van der Waals surface area contributed by atoms with Gasteiger partial charge in [-0.05, 0) is 52.2 Å². The van der Waals surface area contributed by atoms with Gasteiger partial charge in [0.25, 0.3) is 0 Å². The molecule has 0 amide bonds. The molecule has 4 heteroatoms. The Morgan fingerprint density at radius 3 is 1.54 bits per heavy atom. The van der Waals surface area contributed by atoms with Gasteiger partial charge in [0.15, 0.2) is 17.5 Å². The molecular weight excluding hydrogens is 502 g/mol. The van der Waals surface area contributed by atoms with E-state index in [1.807, 2.05) is 60.7 Å². The van der Waals surface area contributed by atoms with Crippen molar-refractivity contribution in [1.82, 2.24) is 15.0 Å². The van der Waals surface area contributed by atoms with Crippen LogP contribution in [0.15, 0.2) is 144 Å². The molecule has 0 atom stereocenters. The van der Waals surface area contributed by atoms with E-state index in [1.165, 1.54) is 10.8 Å². The van der Waals surface area contributed by atoms with Gasteiger partial charge in [-0.3, -0.25) is 0 Å². The Morgan fingerprint density at radius 2 is 0.854 bits per heavy atom. The van der Waals surface area contributed by atoms with Crippen LogP contribution in [0.25, 0.3) is 78.0 Å². The van der Waals surface area contributed by atoms with Crippen molar-refractivity contribution in [2.75, 3.05) is 0 Å². The minimum Gasteiger partial charge on any atom is -0.456 e. The Labute approximate surface area is 236 Å². The van der Waals surface area contributed by atoms with E-state index < -0.39 is 0 Å². The van der Waals surface area contributed by atoms with Crippen molar-refractivity contribution in [1.29, 1.82) is 0 Å². The van der Waals surface area contributed by atoms with Gasteiger partial charge in [-0.15, -0.1) is 0 Å². The number of hydrogen-bond acceptors (Lipinski definition) is 4. The van der Waals surface area contributed by atoms with Crippen LogP contribution in [0.4, 0.5) is 0 Å². The number of fused-ring (bicyclic) bond motifs is 4. The van der Waals surface area contributed by atoms with Gasteiger partial charge in [-0.2, -0.15) is 0 Å². The first kappa shape index (κ1) is 23.3. The molecule has 0 saturated carbocycles. The molecule has 0 aliphatic carbocycles. The smallest absolute Gasteiger partial charge is 0.164 e. The molecule has 0 fully saturated rings. The Morgan fingerprint density at radius 1 is 0.341 bits per heavy atom. The zero-order valence-corrected chi connectivity index (χ0v) is 22.0. The Kier molecular flexibility index (Phi) is 5.42. The molecule has 8 rings (SSSR count). The summed E-state index contributed by atoms with van der Waals surface area (Å²) in [7, 11) is 0. The number of furan rings is 1. The second kappa shape index (κ2) is 9.54. The van der Waals surface area contributed by atoms with Crippen molar-refractivity contribution >= 4 is 32.7 Å². The highest BCUT2D eigenvalue weighted by atomic mass is 16.3. The number of aromatic nitrogens is 3. The van der Waals surface area contributed by atoms with Crippen LogP contribution in [0.1, 0.15) is 0 Å². The summed E-state index contributed by atoms with van der Waals surface area (Å²) in [6.07, 6.45) is 0. The minimum atomic E-state index is 0.640. The molecule has 0 saturated heterocycles. The minimum absolute atomic E-state index is 0.640. The lowest BCUT2D eigenvalue weighted by atomic mass is 10.00. The molecule has 0 N–H and O–H groups in total. The van der Waals surface area contributed by atoms with E-state index in [1.54, 1.807) is 0 Å². The summed E-state index contributed by atoms with van der Waals surface area (Å²) in [5.74, 6) is 1.94. The van der Waals surface area contributed by atoms with Crippen LogP contribution in [0.5, 0.6) is 0 Å². The first-order valence-electron chi connectivity index (χ1n) is 13.6. The Hall–Kier alpha value is -5.61. The first-order valence-corrected chi connectivity index (χ1v) is 13.6. The summed E-state index contributed by atoms with van der Waals surface area (Å²) in [6.45, 7) is 0. The third-order valence-electron chi connectivity index (χ3n) is 7.49. The molecule has 0 aliphatic rings. The Balaban J connectivity index is 1.26. The normalized spacial score (nSPS) is 11.4. The van der Waals surface area contributed by atoms with Crippen LogP contribution < -0.4 is 0 Å². The highest BCUT2D eigenvalue weighted by molar-refractivity contribution is 6.11. The summed E-state index contributed by atoms with van der Waals surface area (Å²) >= 11 is 0.